The summed E-state index contributed by atoms with van der Waals surface area (Å²) in [5.41, 5.74) is 0.0669. The van der Waals surface area contributed by atoms with Crippen LogP contribution in [0.1, 0.15) is 122 Å². The molecule has 0 saturated heterocycles. The molecule has 0 heterocycles. The largest absolute Gasteiger partial charge is 0.494 e. The molecule has 0 spiro atoms. The average molecular weight is 740 g/mol. The molecule has 0 aliphatic rings. The second kappa shape index (κ2) is 22.4. The average Bonchev–Trinajstić information content (AvgIpc) is 3.18. The molecule has 11 nitrogen and oxygen atoms in total. The maximum absolute atomic E-state index is 13.4. The Hall–Kier alpha value is -5.71. The number of hydrogen-bond donors (Lipinski definition) is 0. The normalized spacial score (nSPS) is 10.7. The fraction of sp³-hybridized carbons (Fsp3) is 0.372. The van der Waals surface area contributed by atoms with Crippen LogP contribution in [0.2, 0.25) is 0 Å². The highest BCUT2D eigenvalue weighted by molar-refractivity contribution is 5.98. The molecule has 4 aromatic rings. The molecular formula is C43H49NO10. The highest BCUT2D eigenvalue weighted by atomic mass is 16.6. The predicted octanol–water partition coefficient (Wildman–Crippen LogP) is 10.7. The lowest BCUT2D eigenvalue weighted by Gasteiger charge is -2.13. The van der Waals surface area contributed by atoms with E-state index in [1.54, 1.807) is 48.5 Å². The first-order chi connectivity index (χ1) is 26.3. The first-order valence-corrected chi connectivity index (χ1v) is 18.8. The number of unbranched alkanes of at least 4 members (excludes halogenated alkanes) is 10. The van der Waals surface area contributed by atoms with E-state index in [1.807, 2.05) is 0 Å². The van der Waals surface area contributed by atoms with Gasteiger partial charge in [-0.1, -0.05) is 78.1 Å². The number of nitrogens with zero attached hydrogens (tertiary/aromatic N) is 1. The monoisotopic (exact) mass is 739 g/mol. The summed E-state index contributed by atoms with van der Waals surface area (Å²) in [6.07, 6.45) is 13.8. The molecule has 0 aliphatic carbocycles. The van der Waals surface area contributed by atoms with Gasteiger partial charge in [-0.3, -0.25) is 10.1 Å². The first-order valence-electron chi connectivity index (χ1n) is 18.8. The van der Waals surface area contributed by atoms with Gasteiger partial charge in [-0.2, -0.15) is 0 Å². The number of benzene rings is 4. The number of non-ortho nitro benzene ring substituents is 1. The fourth-order valence-electron chi connectivity index (χ4n) is 5.46. The van der Waals surface area contributed by atoms with Crippen molar-refractivity contribution in [1.82, 2.24) is 0 Å². The molecule has 11 heteroatoms. The standard InChI is InChI=1S/C43H49NO10/c1-3-5-7-9-11-13-29-50-35-21-15-32(16-22-35)41(45)53-38-27-28-40(39(31-38)43(47)52-37-25-19-34(20-26-37)44(48)49)54-42(46)33-17-23-36(24-18-33)51-30-14-12-10-8-6-4-2/h15-28,31H,3-14,29-30H2,1-2H3. The van der Waals surface area contributed by atoms with Gasteiger partial charge in [-0.25, -0.2) is 14.4 Å². The van der Waals surface area contributed by atoms with Crippen LogP contribution in [0.3, 0.4) is 0 Å². The number of ether oxygens (including phenoxy) is 5. The lowest BCUT2D eigenvalue weighted by atomic mass is 10.1. The number of carbonyl (C=O) groups excluding carboxylic acids is 3. The van der Waals surface area contributed by atoms with E-state index in [1.165, 1.54) is 93.8 Å². The van der Waals surface area contributed by atoms with Crippen molar-refractivity contribution in [2.24, 2.45) is 0 Å². The maximum Gasteiger partial charge on any atom is 0.347 e. The summed E-state index contributed by atoms with van der Waals surface area (Å²) < 4.78 is 28.3. The van der Waals surface area contributed by atoms with Gasteiger partial charge in [-0.05, 0) is 91.7 Å². The molecule has 0 N–H and O–H groups in total. The zero-order valence-electron chi connectivity index (χ0n) is 31.1. The SMILES string of the molecule is CCCCCCCCOc1ccc(C(=O)Oc2ccc(OC(=O)c3ccc(OCCCCCCCC)cc3)c(C(=O)Oc3ccc([N+](=O)[O-])cc3)c2)cc1. The number of nitro benzene ring substituents is 1. The molecule has 0 aromatic heterocycles. The topological polar surface area (TPSA) is 140 Å². The predicted molar refractivity (Wildman–Crippen MR) is 205 cm³/mol. The van der Waals surface area contributed by atoms with Crippen LogP contribution in [0.5, 0.6) is 28.7 Å². The zero-order valence-corrected chi connectivity index (χ0v) is 31.1. The van der Waals surface area contributed by atoms with Gasteiger partial charge in [0.25, 0.3) is 5.69 Å². The minimum Gasteiger partial charge on any atom is -0.494 e. The third kappa shape index (κ3) is 13.7. The van der Waals surface area contributed by atoms with E-state index < -0.39 is 22.8 Å². The maximum atomic E-state index is 13.4. The second-order valence-corrected chi connectivity index (χ2v) is 12.9. The number of rotatable bonds is 23. The lowest BCUT2D eigenvalue weighted by molar-refractivity contribution is -0.384. The molecule has 0 radical (unpaired) electrons. The van der Waals surface area contributed by atoms with Crippen LogP contribution >= 0.6 is 0 Å². The van der Waals surface area contributed by atoms with E-state index in [9.17, 15) is 24.5 Å². The fourth-order valence-corrected chi connectivity index (χ4v) is 5.46. The van der Waals surface area contributed by atoms with Crippen molar-refractivity contribution in [2.75, 3.05) is 13.2 Å². The van der Waals surface area contributed by atoms with Gasteiger partial charge in [0.2, 0.25) is 0 Å². The molecule has 0 amide bonds. The van der Waals surface area contributed by atoms with Gasteiger partial charge in [0.15, 0.2) is 0 Å². The Bertz CT molecular complexity index is 1790. The Balaban J connectivity index is 1.42. The minimum absolute atomic E-state index is 0.00860. The summed E-state index contributed by atoms with van der Waals surface area (Å²) in [6.45, 7) is 5.54. The second-order valence-electron chi connectivity index (χ2n) is 12.9. The summed E-state index contributed by atoms with van der Waals surface area (Å²) in [4.78, 5) is 50.1. The van der Waals surface area contributed by atoms with Gasteiger partial charge in [0, 0.05) is 12.1 Å². The molecule has 0 fully saturated rings. The van der Waals surface area contributed by atoms with Crippen LogP contribution in [0.15, 0.2) is 91.0 Å². The van der Waals surface area contributed by atoms with E-state index >= 15 is 0 Å². The van der Waals surface area contributed by atoms with Crippen molar-refractivity contribution in [3.8, 4) is 28.7 Å². The summed E-state index contributed by atoms with van der Waals surface area (Å²) in [6, 6.07) is 21.9. The van der Waals surface area contributed by atoms with Crippen molar-refractivity contribution >= 4 is 23.6 Å². The molecule has 4 rings (SSSR count). The van der Waals surface area contributed by atoms with Crippen molar-refractivity contribution in [1.29, 1.82) is 0 Å². The van der Waals surface area contributed by atoms with Crippen molar-refractivity contribution in [3.05, 3.63) is 118 Å². The van der Waals surface area contributed by atoms with Gasteiger partial charge < -0.3 is 23.7 Å². The Morgan fingerprint density at radius 2 is 0.926 bits per heavy atom. The molecule has 54 heavy (non-hydrogen) atoms. The van der Waals surface area contributed by atoms with E-state index in [2.05, 4.69) is 13.8 Å². The summed E-state index contributed by atoms with van der Waals surface area (Å²) in [7, 11) is 0. The van der Waals surface area contributed by atoms with Crippen LogP contribution in [0, 0.1) is 10.1 Å². The molecule has 0 saturated carbocycles. The van der Waals surface area contributed by atoms with Crippen LogP contribution in [0.25, 0.3) is 0 Å². The van der Waals surface area contributed by atoms with E-state index in [0.717, 1.165) is 25.7 Å². The molecule has 4 aromatic carbocycles. The Morgan fingerprint density at radius 1 is 0.500 bits per heavy atom. The van der Waals surface area contributed by atoms with Gasteiger partial charge in [0.1, 0.15) is 34.3 Å². The number of nitro groups is 1. The molecule has 286 valence electrons. The van der Waals surface area contributed by atoms with Crippen LogP contribution in [0.4, 0.5) is 5.69 Å². The Morgan fingerprint density at radius 3 is 1.43 bits per heavy atom. The summed E-state index contributed by atoms with van der Waals surface area (Å²) in [5.74, 6) is -1.27. The lowest BCUT2D eigenvalue weighted by Crippen LogP contribution is -2.15. The van der Waals surface area contributed by atoms with E-state index in [-0.39, 0.29) is 39.6 Å². The van der Waals surface area contributed by atoms with Crippen LogP contribution < -0.4 is 23.7 Å². The Labute approximate surface area is 316 Å². The van der Waals surface area contributed by atoms with Gasteiger partial charge in [0.05, 0.1) is 29.3 Å². The van der Waals surface area contributed by atoms with Gasteiger partial charge in [-0.15, -0.1) is 0 Å². The Kier molecular flexibility index (Phi) is 17.0. The van der Waals surface area contributed by atoms with Gasteiger partial charge >= 0.3 is 17.9 Å². The molecule has 0 bridgehead atoms. The quantitative estimate of drug-likeness (QED) is 0.0237. The molecule has 0 aliphatic heterocycles. The van der Waals surface area contributed by atoms with Crippen LogP contribution in [-0.2, 0) is 0 Å². The zero-order chi connectivity index (χ0) is 38.5. The number of carbonyl (C=O) groups is 3. The van der Waals surface area contributed by atoms with Crippen molar-refractivity contribution in [2.45, 2.75) is 90.9 Å². The van der Waals surface area contributed by atoms with E-state index in [4.69, 9.17) is 23.7 Å². The third-order valence-electron chi connectivity index (χ3n) is 8.56. The number of esters is 3. The van der Waals surface area contributed by atoms with Crippen molar-refractivity contribution in [3.63, 3.8) is 0 Å². The highest BCUT2D eigenvalue weighted by Crippen LogP contribution is 2.29. The molecular weight excluding hydrogens is 690 g/mol. The summed E-state index contributed by atoms with van der Waals surface area (Å²) in [5, 5.41) is 11.1. The molecule has 0 atom stereocenters. The van der Waals surface area contributed by atoms with E-state index in [0.29, 0.717) is 24.7 Å². The van der Waals surface area contributed by atoms with Crippen molar-refractivity contribution < 1.29 is 43.0 Å². The first kappa shape index (κ1) is 41.1. The van der Waals surface area contributed by atoms with Crippen LogP contribution in [-0.4, -0.2) is 36.0 Å². The summed E-state index contributed by atoms with van der Waals surface area (Å²) >= 11 is 0. The third-order valence-corrected chi connectivity index (χ3v) is 8.56. The number of hydrogen-bond acceptors (Lipinski definition) is 10. The minimum atomic E-state index is -0.949. The highest BCUT2D eigenvalue weighted by Gasteiger charge is 2.22. The molecule has 0 unspecified atom stereocenters. The smallest absolute Gasteiger partial charge is 0.347 e.